The average Bonchev–Trinajstić information content (AvgIpc) is 3.44. The van der Waals surface area contributed by atoms with Gasteiger partial charge in [-0.25, -0.2) is 9.19 Å². The van der Waals surface area contributed by atoms with Crippen LogP contribution in [0.25, 0.3) is 22.0 Å². The van der Waals surface area contributed by atoms with Crippen molar-refractivity contribution in [1.82, 2.24) is 9.97 Å². The summed E-state index contributed by atoms with van der Waals surface area (Å²) < 4.78 is 60.7. The lowest BCUT2D eigenvalue weighted by Gasteiger charge is -2.13. The number of para-hydroxylation sites is 1. The Morgan fingerprint density at radius 2 is 1.64 bits per heavy atom. The number of pyridine rings is 1. The molecular weight excluding hydrogens is 549 g/mol. The first-order valence-electron chi connectivity index (χ1n) is 11.4. The lowest BCUT2D eigenvalue weighted by molar-refractivity contribution is -0.136. The molecule has 0 spiro atoms. The van der Waals surface area contributed by atoms with E-state index in [-0.39, 0.29) is 16.7 Å². The van der Waals surface area contributed by atoms with Crippen molar-refractivity contribution in [2.24, 2.45) is 0 Å². The Hall–Kier alpha value is -4.29. The number of nitrogens with zero attached hydrogens (tertiary/aromatic N) is 2. The van der Waals surface area contributed by atoms with Crippen molar-refractivity contribution in [2.75, 3.05) is 16.6 Å². The number of carbonyl (C=O) groups excluding carboxylic acids is 1. The SMILES string of the molecule is O=C(COc1ccnc2c(C(F)(F)F)cccc12)Nc1ccc(-c2ccc(S(=O)Nc3nccs3)cc2)cc1. The van der Waals surface area contributed by atoms with E-state index in [1.54, 1.807) is 35.8 Å². The summed E-state index contributed by atoms with van der Waals surface area (Å²) in [7, 11) is -1.43. The highest BCUT2D eigenvalue weighted by Crippen LogP contribution is 2.36. The molecular formula is C27H19F3N4O3S2. The van der Waals surface area contributed by atoms with Gasteiger partial charge in [-0.1, -0.05) is 30.3 Å². The number of halogens is 3. The Labute approximate surface area is 227 Å². The molecule has 2 N–H and O–H groups in total. The maximum absolute atomic E-state index is 13.3. The summed E-state index contributed by atoms with van der Waals surface area (Å²) in [4.78, 5) is 21.0. The normalized spacial score (nSPS) is 12.2. The number of fused-ring (bicyclic) bond motifs is 1. The van der Waals surface area contributed by atoms with Crippen molar-refractivity contribution in [3.63, 3.8) is 0 Å². The van der Waals surface area contributed by atoms with E-state index in [1.807, 2.05) is 24.3 Å². The topological polar surface area (TPSA) is 93.2 Å². The van der Waals surface area contributed by atoms with Crippen LogP contribution in [0.1, 0.15) is 5.56 Å². The number of aromatic nitrogens is 2. The molecule has 0 fully saturated rings. The first-order valence-corrected chi connectivity index (χ1v) is 13.5. The predicted octanol–water partition coefficient (Wildman–Crippen LogP) is 6.53. The minimum absolute atomic E-state index is 0.128. The van der Waals surface area contributed by atoms with Gasteiger partial charge in [0.2, 0.25) is 0 Å². The van der Waals surface area contributed by atoms with Gasteiger partial charge < -0.3 is 10.1 Å². The third-order valence-electron chi connectivity index (χ3n) is 5.58. The molecule has 2 heterocycles. The summed E-state index contributed by atoms with van der Waals surface area (Å²) in [5.41, 5.74) is 1.20. The van der Waals surface area contributed by atoms with Gasteiger partial charge in [-0.05, 0) is 53.6 Å². The van der Waals surface area contributed by atoms with Gasteiger partial charge in [0.05, 0.1) is 16.0 Å². The molecule has 1 atom stereocenters. The highest BCUT2D eigenvalue weighted by molar-refractivity contribution is 7.86. The predicted molar refractivity (Wildman–Crippen MR) is 145 cm³/mol. The Bertz CT molecular complexity index is 1630. The Balaban J connectivity index is 1.20. The highest BCUT2D eigenvalue weighted by Gasteiger charge is 2.33. The summed E-state index contributed by atoms with van der Waals surface area (Å²) in [6.45, 7) is -0.398. The van der Waals surface area contributed by atoms with Gasteiger partial charge in [-0.2, -0.15) is 13.2 Å². The van der Waals surface area contributed by atoms with Crippen LogP contribution in [0.3, 0.4) is 0 Å². The van der Waals surface area contributed by atoms with Crippen molar-refractivity contribution in [3.05, 3.63) is 96.1 Å². The minimum Gasteiger partial charge on any atom is -0.483 e. The molecule has 5 rings (SSSR count). The van der Waals surface area contributed by atoms with Gasteiger partial charge in [-0.3, -0.25) is 14.5 Å². The smallest absolute Gasteiger partial charge is 0.418 e. The number of benzene rings is 3. The fourth-order valence-electron chi connectivity index (χ4n) is 3.77. The Morgan fingerprint density at radius 1 is 0.923 bits per heavy atom. The Kier molecular flexibility index (Phi) is 7.57. The highest BCUT2D eigenvalue weighted by atomic mass is 32.2. The number of carbonyl (C=O) groups is 1. The summed E-state index contributed by atoms with van der Waals surface area (Å²) in [6.07, 6.45) is -1.72. The molecule has 5 aromatic rings. The van der Waals surface area contributed by atoms with Crippen molar-refractivity contribution in [2.45, 2.75) is 11.1 Å². The monoisotopic (exact) mass is 568 g/mol. The van der Waals surface area contributed by atoms with Crippen molar-refractivity contribution >= 4 is 50.0 Å². The van der Waals surface area contributed by atoms with Gasteiger partial charge in [0.15, 0.2) is 22.7 Å². The van der Waals surface area contributed by atoms with E-state index >= 15 is 0 Å². The van der Waals surface area contributed by atoms with Crippen LogP contribution in [0, 0.1) is 0 Å². The second kappa shape index (κ2) is 11.2. The molecule has 0 aliphatic carbocycles. The number of anilines is 2. The Morgan fingerprint density at radius 3 is 2.31 bits per heavy atom. The number of rotatable bonds is 8. The van der Waals surface area contributed by atoms with Crippen molar-refractivity contribution in [1.29, 1.82) is 0 Å². The minimum atomic E-state index is -4.56. The van der Waals surface area contributed by atoms with Crippen LogP contribution in [0.15, 0.2) is 95.5 Å². The third-order valence-corrected chi connectivity index (χ3v) is 7.47. The van der Waals surface area contributed by atoms with Crippen LogP contribution < -0.4 is 14.8 Å². The number of thiazole rings is 1. The quantitative estimate of drug-likeness (QED) is 0.222. The van der Waals surface area contributed by atoms with E-state index in [4.69, 9.17) is 4.74 Å². The maximum atomic E-state index is 13.3. The molecule has 12 heteroatoms. The lowest BCUT2D eigenvalue weighted by Crippen LogP contribution is -2.20. The van der Waals surface area contributed by atoms with E-state index in [0.717, 1.165) is 17.2 Å². The molecule has 0 bridgehead atoms. The van der Waals surface area contributed by atoms with Gasteiger partial charge in [-0.15, -0.1) is 11.3 Å². The lowest BCUT2D eigenvalue weighted by atomic mass is 10.1. The molecule has 7 nitrogen and oxygen atoms in total. The number of hydrogen-bond donors (Lipinski definition) is 2. The van der Waals surface area contributed by atoms with Crippen molar-refractivity contribution < 1.29 is 26.9 Å². The first kappa shape index (κ1) is 26.3. The van der Waals surface area contributed by atoms with Crippen LogP contribution in [0.2, 0.25) is 0 Å². The molecule has 1 amide bonds. The zero-order chi connectivity index (χ0) is 27.4. The number of nitrogens with one attached hydrogen (secondary N) is 2. The summed E-state index contributed by atoms with van der Waals surface area (Å²) in [5, 5.41) is 5.24. The van der Waals surface area contributed by atoms with E-state index in [2.05, 4.69) is 20.0 Å². The summed E-state index contributed by atoms with van der Waals surface area (Å²) in [6, 6.07) is 19.4. The van der Waals surface area contributed by atoms with Crippen LogP contribution in [0.5, 0.6) is 5.75 Å². The third kappa shape index (κ3) is 6.24. The molecule has 0 saturated carbocycles. The summed E-state index contributed by atoms with van der Waals surface area (Å²) >= 11 is 1.36. The largest absolute Gasteiger partial charge is 0.483 e. The first-order chi connectivity index (χ1) is 18.8. The zero-order valence-electron chi connectivity index (χ0n) is 19.9. The molecule has 2 aromatic heterocycles. The van der Waals surface area contributed by atoms with E-state index < -0.39 is 35.2 Å². The standard InChI is InChI=1S/C27H19F3N4O3S2/c28-27(29,30)22-3-1-2-21-23(12-13-31-25(21)22)37-16-24(35)33-19-8-4-17(5-9-19)18-6-10-20(11-7-18)39(36)34-26-32-14-15-38-26/h1-15H,16H2,(H,32,34)(H,33,35). The second-order valence-electron chi connectivity index (χ2n) is 8.16. The second-order valence-corrected chi connectivity index (χ2v) is 10.3. The van der Waals surface area contributed by atoms with Crippen LogP contribution >= 0.6 is 11.3 Å². The van der Waals surface area contributed by atoms with E-state index in [1.165, 1.54) is 35.7 Å². The van der Waals surface area contributed by atoms with Crippen LogP contribution in [0.4, 0.5) is 24.0 Å². The fraction of sp³-hybridized carbons (Fsp3) is 0.0741. The summed E-state index contributed by atoms with van der Waals surface area (Å²) in [5.74, 6) is -0.345. The van der Waals surface area contributed by atoms with E-state index in [9.17, 15) is 22.2 Å². The molecule has 198 valence electrons. The molecule has 0 aliphatic heterocycles. The van der Waals surface area contributed by atoms with Crippen molar-refractivity contribution in [3.8, 4) is 16.9 Å². The number of ether oxygens (including phenoxy) is 1. The van der Waals surface area contributed by atoms with Crippen LogP contribution in [-0.2, 0) is 22.0 Å². The van der Waals surface area contributed by atoms with Gasteiger partial charge in [0, 0.05) is 28.8 Å². The molecule has 1 unspecified atom stereocenters. The number of alkyl halides is 3. The molecule has 0 radical (unpaired) electrons. The number of hydrogen-bond acceptors (Lipinski definition) is 6. The van der Waals surface area contributed by atoms with E-state index in [0.29, 0.717) is 15.7 Å². The fourth-order valence-corrected chi connectivity index (χ4v) is 5.28. The molecule has 0 aliphatic rings. The molecule has 3 aromatic carbocycles. The zero-order valence-corrected chi connectivity index (χ0v) is 21.6. The van der Waals surface area contributed by atoms with Gasteiger partial charge >= 0.3 is 6.18 Å². The van der Waals surface area contributed by atoms with Gasteiger partial charge in [0.1, 0.15) is 5.75 Å². The molecule has 39 heavy (non-hydrogen) atoms. The number of amides is 1. The van der Waals surface area contributed by atoms with Gasteiger partial charge in [0.25, 0.3) is 5.91 Å². The van der Waals surface area contributed by atoms with Crippen LogP contribution in [-0.4, -0.2) is 26.7 Å². The molecule has 0 saturated heterocycles. The maximum Gasteiger partial charge on any atom is 0.418 e. The average molecular weight is 569 g/mol.